The predicted octanol–water partition coefficient (Wildman–Crippen LogP) is 5.30. The van der Waals surface area contributed by atoms with E-state index in [2.05, 4.69) is 57.8 Å². The summed E-state index contributed by atoms with van der Waals surface area (Å²) in [5.74, 6) is 0.0527. The molecule has 0 spiro atoms. The summed E-state index contributed by atoms with van der Waals surface area (Å²) in [5.41, 5.74) is 3.90. The summed E-state index contributed by atoms with van der Waals surface area (Å²) in [4.78, 5) is 12.0. The maximum absolute atomic E-state index is 12.0. The second-order valence-corrected chi connectivity index (χ2v) is 6.02. The molecule has 0 amide bonds. The number of Topliss-reactive ketones (excluding diaryl/α,β-unsaturated/α-hetero) is 1. The van der Waals surface area contributed by atoms with Gasteiger partial charge in [-0.1, -0.05) is 49.4 Å². The van der Waals surface area contributed by atoms with Gasteiger partial charge in [0.25, 0.3) is 0 Å². The maximum atomic E-state index is 12.0. The van der Waals surface area contributed by atoms with Gasteiger partial charge in [0.1, 0.15) is 3.58 Å². The first-order valence-electron chi connectivity index (χ1n) is 5.55. The highest BCUT2D eigenvalue weighted by molar-refractivity contribution is 14.1. The van der Waals surface area contributed by atoms with Crippen LogP contribution in [-0.4, -0.2) is 5.78 Å². The Labute approximate surface area is 130 Å². The first-order valence-corrected chi connectivity index (χ1v) is 7.71. The fourth-order valence-corrected chi connectivity index (χ4v) is 3.09. The number of benzene rings is 1. The molecule has 0 saturated carbocycles. The van der Waals surface area contributed by atoms with Crippen molar-refractivity contribution in [2.24, 2.45) is 0 Å². The lowest BCUT2D eigenvalue weighted by atomic mass is 10.1. The Hall–Kier alpha value is -0.130. The van der Waals surface area contributed by atoms with Crippen LogP contribution in [0.1, 0.15) is 36.5 Å². The van der Waals surface area contributed by atoms with E-state index in [1.165, 1.54) is 0 Å². The average molecular weight is 452 g/mol. The SMILES string of the molecule is CCCCC(I)=C=C(I)C(=O)c1ccccc1. The van der Waals surface area contributed by atoms with Gasteiger partial charge in [-0.2, -0.15) is 0 Å². The van der Waals surface area contributed by atoms with Crippen LogP contribution in [0.25, 0.3) is 0 Å². The van der Waals surface area contributed by atoms with Gasteiger partial charge in [0.15, 0.2) is 0 Å². The van der Waals surface area contributed by atoms with Crippen LogP contribution in [0.3, 0.4) is 0 Å². The van der Waals surface area contributed by atoms with E-state index in [0.717, 1.165) is 28.4 Å². The van der Waals surface area contributed by atoms with E-state index in [4.69, 9.17) is 0 Å². The van der Waals surface area contributed by atoms with E-state index in [9.17, 15) is 4.79 Å². The molecule has 0 aliphatic rings. The molecule has 0 unspecified atom stereocenters. The molecule has 0 fully saturated rings. The minimum atomic E-state index is 0.0527. The van der Waals surface area contributed by atoms with Crippen LogP contribution in [0.2, 0.25) is 0 Å². The maximum Gasteiger partial charge on any atom is 0.206 e. The Balaban J connectivity index is 2.86. The summed E-state index contributed by atoms with van der Waals surface area (Å²) in [7, 11) is 0. The van der Waals surface area contributed by atoms with Crippen molar-refractivity contribution in [3.63, 3.8) is 0 Å². The molecule has 0 atom stereocenters. The number of unbranched alkanes of at least 4 members (excludes halogenated alkanes) is 1. The molecule has 1 aromatic carbocycles. The molecule has 1 rings (SSSR count). The van der Waals surface area contributed by atoms with E-state index in [0.29, 0.717) is 3.58 Å². The number of allylic oxidation sites excluding steroid dienone is 1. The normalized spacial score (nSPS) is 9.59. The number of carbonyl (C=O) groups excluding carboxylic acids is 1. The third-order valence-electron chi connectivity index (χ3n) is 2.23. The molecule has 0 radical (unpaired) electrons. The number of carbonyl (C=O) groups is 1. The van der Waals surface area contributed by atoms with Crippen LogP contribution >= 0.6 is 45.2 Å². The molecule has 0 aliphatic heterocycles. The number of hydrogen-bond donors (Lipinski definition) is 0. The van der Waals surface area contributed by atoms with Gasteiger partial charge in [0, 0.05) is 9.14 Å². The smallest absolute Gasteiger partial charge is 0.206 e. The largest absolute Gasteiger partial charge is 0.287 e. The molecule has 0 aromatic heterocycles. The van der Waals surface area contributed by atoms with Gasteiger partial charge < -0.3 is 0 Å². The average Bonchev–Trinajstić information content (AvgIpc) is 2.36. The van der Waals surface area contributed by atoms with Crippen LogP contribution in [0.4, 0.5) is 0 Å². The molecule has 3 heteroatoms. The first kappa shape index (κ1) is 14.9. The topological polar surface area (TPSA) is 17.1 Å². The van der Waals surface area contributed by atoms with Gasteiger partial charge in [-0.3, -0.25) is 4.79 Å². The van der Waals surface area contributed by atoms with Crippen molar-refractivity contribution in [2.75, 3.05) is 0 Å². The van der Waals surface area contributed by atoms with Gasteiger partial charge in [-0.05, 0) is 58.0 Å². The standard InChI is InChI=1S/C14H14I2O/c1-2-3-9-12(15)10-13(16)14(17)11-7-5-4-6-8-11/h4-8H,2-3,9H2,1H3. The minimum Gasteiger partial charge on any atom is -0.287 e. The molecular weight excluding hydrogens is 438 g/mol. The molecule has 90 valence electrons. The van der Waals surface area contributed by atoms with Crippen molar-refractivity contribution in [2.45, 2.75) is 26.2 Å². The highest BCUT2D eigenvalue weighted by Gasteiger charge is 2.08. The highest BCUT2D eigenvalue weighted by Crippen LogP contribution is 2.19. The highest BCUT2D eigenvalue weighted by atomic mass is 127. The van der Waals surface area contributed by atoms with Gasteiger partial charge in [-0.25, -0.2) is 0 Å². The Morgan fingerprint density at radius 2 is 1.88 bits per heavy atom. The molecular formula is C14H14I2O. The van der Waals surface area contributed by atoms with Crippen LogP contribution < -0.4 is 0 Å². The third kappa shape index (κ3) is 5.36. The Morgan fingerprint density at radius 3 is 2.47 bits per heavy atom. The van der Waals surface area contributed by atoms with Crippen LogP contribution in [-0.2, 0) is 0 Å². The lowest BCUT2D eigenvalue weighted by molar-refractivity contribution is 0.104. The van der Waals surface area contributed by atoms with Gasteiger partial charge >= 0.3 is 0 Å². The summed E-state index contributed by atoms with van der Waals surface area (Å²) in [5, 5.41) is 0. The van der Waals surface area contributed by atoms with Crippen molar-refractivity contribution in [3.8, 4) is 0 Å². The number of ketones is 1. The summed E-state index contributed by atoms with van der Waals surface area (Å²) >= 11 is 4.33. The van der Waals surface area contributed by atoms with Gasteiger partial charge in [-0.15, -0.1) is 0 Å². The minimum absolute atomic E-state index is 0.0527. The van der Waals surface area contributed by atoms with E-state index < -0.39 is 0 Å². The zero-order chi connectivity index (χ0) is 12.7. The molecule has 1 aromatic rings. The van der Waals surface area contributed by atoms with Gasteiger partial charge in [0.05, 0.1) is 0 Å². The molecule has 0 bridgehead atoms. The number of rotatable bonds is 5. The Morgan fingerprint density at radius 1 is 1.24 bits per heavy atom. The lowest BCUT2D eigenvalue weighted by Gasteiger charge is -1.97. The second kappa shape index (κ2) is 8.06. The van der Waals surface area contributed by atoms with Crippen molar-refractivity contribution < 1.29 is 4.79 Å². The summed E-state index contributed by atoms with van der Waals surface area (Å²) in [6.07, 6.45) is 3.32. The Bertz CT molecular complexity index is 443. The summed E-state index contributed by atoms with van der Waals surface area (Å²) < 4.78 is 1.78. The van der Waals surface area contributed by atoms with E-state index in [1.54, 1.807) is 0 Å². The Kier molecular flexibility index (Phi) is 7.08. The van der Waals surface area contributed by atoms with E-state index >= 15 is 0 Å². The van der Waals surface area contributed by atoms with E-state index in [1.807, 2.05) is 30.3 Å². The summed E-state index contributed by atoms with van der Waals surface area (Å²) in [6, 6.07) is 9.34. The fourth-order valence-electron chi connectivity index (χ4n) is 1.29. The number of hydrogen-bond acceptors (Lipinski definition) is 1. The van der Waals surface area contributed by atoms with Crippen molar-refractivity contribution >= 4 is 51.0 Å². The van der Waals surface area contributed by atoms with Gasteiger partial charge in [0.2, 0.25) is 5.78 Å². The fraction of sp³-hybridized carbons (Fsp3) is 0.286. The molecule has 0 saturated heterocycles. The van der Waals surface area contributed by atoms with Crippen molar-refractivity contribution in [1.82, 2.24) is 0 Å². The lowest BCUT2D eigenvalue weighted by Crippen LogP contribution is -1.96. The zero-order valence-electron chi connectivity index (χ0n) is 9.67. The third-order valence-corrected chi connectivity index (χ3v) is 3.80. The number of halogens is 2. The molecule has 0 aliphatic carbocycles. The second-order valence-electron chi connectivity index (χ2n) is 3.64. The molecule has 0 heterocycles. The summed E-state index contributed by atoms with van der Waals surface area (Å²) in [6.45, 7) is 2.16. The quantitative estimate of drug-likeness (QED) is 0.257. The molecule has 0 N–H and O–H groups in total. The zero-order valence-corrected chi connectivity index (χ0v) is 14.0. The van der Waals surface area contributed by atoms with Crippen molar-refractivity contribution in [3.05, 3.63) is 48.8 Å². The molecule has 1 nitrogen and oxygen atoms in total. The monoisotopic (exact) mass is 452 g/mol. The van der Waals surface area contributed by atoms with Crippen LogP contribution in [0, 0.1) is 0 Å². The van der Waals surface area contributed by atoms with Crippen LogP contribution in [0.5, 0.6) is 0 Å². The van der Waals surface area contributed by atoms with E-state index in [-0.39, 0.29) is 5.78 Å². The first-order chi connectivity index (χ1) is 8.15. The van der Waals surface area contributed by atoms with Crippen molar-refractivity contribution in [1.29, 1.82) is 0 Å². The molecule has 17 heavy (non-hydrogen) atoms. The van der Waals surface area contributed by atoms with Crippen LogP contribution in [0.15, 0.2) is 43.2 Å². The predicted molar refractivity (Wildman–Crippen MR) is 88.9 cm³/mol.